The quantitative estimate of drug-likeness (QED) is 0.713. The maximum Gasteiger partial charge on any atom is 0.255 e. The molecular formula is C20H21N3O2S. The second kappa shape index (κ2) is 7.03. The van der Waals surface area contributed by atoms with Crippen LogP contribution in [0, 0.1) is 0 Å². The van der Waals surface area contributed by atoms with Crippen molar-refractivity contribution in [3.8, 4) is 5.69 Å². The van der Waals surface area contributed by atoms with Gasteiger partial charge in [-0.3, -0.25) is 9.00 Å². The molecule has 6 heteroatoms. The molecule has 0 N–H and O–H groups in total. The first-order chi connectivity index (χ1) is 12.6. The third-order valence-corrected chi connectivity index (χ3v) is 5.80. The third kappa shape index (κ3) is 3.17. The first-order valence-electron chi connectivity index (χ1n) is 8.84. The van der Waals surface area contributed by atoms with Gasteiger partial charge >= 0.3 is 0 Å². The standard InChI is InChI=1S/C20H21N3O2S/c1-26(25)18-7-5-17(6-8-18)23-12-9-15-13-16(14-21-19(15)23)20(24)22-10-3-2-4-11-22/h5-9,12-14H,2-4,10-11H2,1H3. The zero-order chi connectivity index (χ0) is 18.1. The van der Waals surface area contributed by atoms with Gasteiger partial charge in [-0.1, -0.05) is 0 Å². The summed E-state index contributed by atoms with van der Waals surface area (Å²) in [5.41, 5.74) is 2.41. The minimum absolute atomic E-state index is 0.0710. The van der Waals surface area contributed by atoms with Crippen LogP contribution in [-0.2, 0) is 10.8 Å². The number of hydrogen-bond acceptors (Lipinski definition) is 3. The van der Waals surface area contributed by atoms with E-state index in [-0.39, 0.29) is 5.91 Å². The molecule has 1 aliphatic rings. The minimum atomic E-state index is -0.989. The molecule has 1 aliphatic heterocycles. The summed E-state index contributed by atoms with van der Waals surface area (Å²) in [6.07, 6.45) is 8.65. The number of benzene rings is 1. The van der Waals surface area contributed by atoms with E-state index in [1.807, 2.05) is 52.1 Å². The summed E-state index contributed by atoms with van der Waals surface area (Å²) in [4.78, 5) is 19.9. The zero-order valence-electron chi connectivity index (χ0n) is 14.7. The van der Waals surface area contributed by atoms with E-state index in [4.69, 9.17) is 0 Å². The van der Waals surface area contributed by atoms with Gasteiger partial charge in [-0.15, -0.1) is 0 Å². The number of rotatable bonds is 3. The Kier molecular flexibility index (Phi) is 4.59. The second-order valence-corrected chi connectivity index (χ2v) is 8.00. The average Bonchev–Trinajstić information content (AvgIpc) is 3.11. The van der Waals surface area contributed by atoms with Crippen LogP contribution in [-0.4, -0.2) is 43.9 Å². The summed E-state index contributed by atoms with van der Waals surface area (Å²) in [5, 5.41) is 0.941. The number of carbonyl (C=O) groups excluding carboxylic acids is 1. The molecule has 1 atom stereocenters. The van der Waals surface area contributed by atoms with E-state index in [0.29, 0.717) is 5.56 Å². The fraction of sp³-hybridized carbons (Fsp3) is 0.300. The Morgan fingerprint density at radius 3 is 2.50 bits per heavy atom. The van der Waals surface area contributed by atoms with Gasteiger partial charge in [0.25, 0.3) is 5.91 Å². The number of amides is 1. The van der Waals surface area contributed by atoms with E-state index in [9.17, 15) is 9.00 Å². The van der Waals surface area contributed by atoms with Crippen LogP contribution >= 0.6 is 0 Å². The molecule has 0 spiro atoms. The van der Waals surface area contributed by atoms with Crippen molar-refractivity contribution in [2.45, 2.75) is 24.2 Å². The van der Waals surface area contributed by atoms with Crippen LogP contribution in [0.2, 0.25) is 0 Å². The van der Waals surface area contributed by atoms with E-state index in [1.54, 1.807) is 12.5 Å². The molecule has 1 unspecified atom stereocenters. The number of fused-ring (bicyclic) bond motifs is 1. The molecule has 1 aromatic carbocycles. The van der Waals surface area contributed by atoms with Crippen molar-refractivity contribution in [3.05, 3.63) is 54.4 Å². The molecule has 1 fully saturated rings. The van der Waals surface area contributed by atoms with E-state index in [0.717, 1.165) is 47.5 Å². The largest absolute Gasteiger partial charge is 0.339 e. The van der Waals surface area contributed by atoms with Gasteiger partial charge in [0.2, 0.25) is 0 Å². The highest BCUT2D eigenvalue weighted by molar-refractivity contribution is 7.84. The monoisotopic (exact) mass is 367 g/mol. The van der Waals surface area contributed by atoms with Crippen LogP contribution in [0.15, 0.2) is 53.7 Å². The average molecular weight is 367 g/mol. The first-order valence-corrected chi connectivity index (χ1v) is 10.4. The van der Waals surface area contributed by atoms with Crippen LogP contribution in [0.4, 0.5) is 0 Å². The highest BCUT2D eigenvalue weighted by Gasteiger charge is 2.19. The summed E-state index contributed by atoms with van der Waals surface area (Å²) in [6, 6.07) is 11.5. The fourth-order valence-electron chi connectivity index (χ4n) is 3.43. The summed E-state index contributed by atoms with van der Waals surface area (Å²) < 4.78 is 13.5. The smallest absolute Gasteiger partial charge is 0.255 e. The lowest BCUT2D eigenvalue weighted by Crippen LogP contribution is -2.35. The lowest BCUT2D eigenvalue weighted by Gasteiger charge is -2.26. The Labute approximate surface area is 155 Å². The molecule has 3 heterocycles. The summed E-state index contributed by atoms with van der Waals surface area (Å²) >= 11 is 0. The Morgan fingerprint density at radius 1 is 1.08 bits per heavy atom. The summed E-state index contributed by atoms with van der Waals surface area (Å²) in [5.74, 6) is 0.0710. The molecule has 26 heavy (non-hydrogen) atoms. The van der Waals surface area contributed by atoms with Gasteiger partial charge in [-0.2, -0.15) is 0 Å². The molecule has 2 aromatic heterocycles. The Bertz CT molecular complexity index is 972. The van der Waals surface area contributed by atoms with Crippen LogP contribution < -0.4 is 0 Å². The lowest BCUT2D eigenvalue weighted by molar-refractivity contribution is 0.0724. The third-order valence-electron chi connectivity index (χ3n) is 4.86. The molecule has 0 bridgehead atoms. The fourth-order valence-corrected chi connectivity index (χ4v) is 3.95. The van der Waals surface area contributed by atoms with E-state index < -0.39 is 10.8 Å². The topological polar surface area (TPSA) is 55.2 Å². The van der Waals surface area contributed by atoms with Crippen molar-refractivity contribution in [3.63, 3.8) is 0 Å². The molecule has 1 amide bonds. The normalized spacial score (nSPS) is 16.0. The number of piperidine rings is 1. The van der Waals surface area contributed by atoms with Crippen LogP contribution in [0.3, 0.4) is 0 Å². The summed E-state index contributed by atoms with van der Waals surface area (Å²) in [6.45, 7) is 1.67. The number of pyridine rings is 1. The maximum atomic E-state index is 12.7. The molecular weight excluding hydrogens is 346 g/mol. The second-order valence-electron chi connectivity index (χ2n) is 6.62. The van der Waals surface area contributed by atoms with Crippen molar-refractivity contribution in [2.24, 2.45) is 0 Å². The van der Waals surface area contributed by atoms with Gasteiger partial charge in [-0.25, -0.2) is 4.98 Å². The van der Waals surface area contributed by atoms with Crippen molar-refractivity contribution in [1.82, 2.24) is 14.5 Å². The first kappa shape index (κ1) is 17.0. The van der Waals surface area contributed by atoms with E-state index >= 15 is 0 Å². The van der Waals surface area contributed by atoms with Gasteiger partial charge in [0.1, 0.15) is 5.65 Å². The van der Waals surface area contributed by atoms with Crippen molar-refractivity contribution in [1.29, 1.82) is 0 Å². The van der Waals surface area contributed by atoms with E-state index in [1.165, 1.54) is 6.42 Å². The molecule has 4 rings (SSSR count). The Balaban J connectivity index is 1.65. The maximum absolute atomic E-state index is 12.7. The Morgan fingerprint density at radius 2 is 1.81 bits per heavy atom. The molecule has 3 aromatic rings. The summed E-state index contributed by atoms with van der Waals surface area (Å²) in [7, 11) is -0.989. The lowest BCUT2D eigenvalue weighted by atomic mass is 10.1. The van der Waals surface area contributed by atoms with Crippen LogP contribution in [0.25, 0.3) is 16.7 Å². The highest BCUT2D eigenvalue weighted by Crippen LogP contribution is 2.22. The highest BCUT2D eigenvalue weighted by atomic mass is 32.2. The zero-order valence-corrected chi connectivity index (χ0v) is 15.5. The van der Waals surface area contributed by atoms with Gasteiger partial charge in [0.05, 0.1) is 5.56 Å². The minimum Gasteiger partial charge on any atom is -0.339 e. The van der Waals surface area contributed by atoms with Gasteiger partial charge < -0.3 is 9.47 Å². The predicted molar refractivity (Wildman–Crippen MR) is 103 cm³/mol. The number of nitrogens with zero attached hydrogens (tertiary/aromatic N) is 3. The van der Waals surface area contributed by atoms with Gasteiger partial charge in [0.15, 0.2) is 0 Å². The number of likely N-dealkylation sites (tertiary alicyclic amines) is 1. The predicted octanol–water partition coefficient (Wildman–Crippen LogP) is 3.39. The number of carbonyl (C=O) groups is 1. The molecule has 0 aliphatic carbocycles. The van der Waals surface area contributed by atoms with Crippen molar-refractivity contribution in [2.75, 3.05) is 19.3 Å². The molecule has 5 nitrogen and oxygen atoms in total. The van der Waals surface area contributed by atoms with Crippen molar-refractivity contribution >= 4 is 27.7 Å². The number of hydrogen-bond donors (Lipinski definition) is 0. The number of aromatic nitrogens is 2. The van der Waals surface area contributed by atoms with Gasteiger partial charge in [-0.05, 0) is 55.7 Å². The van der Waals surface area contributed by atoms with Crippen LogP contribution in [0.1, 0.15) is 29.6 Å². The SMILES string of the molecule is CS(=O)c1ccc(-n2ccc3cc(C(=O)N4CCCCC4)cnc32)cc1. The molecule has 0 radical (unpaired) electrons. The van der Waals surface area contributed by atoms with Crippen molar-refractivity contribution < 1.29 is 9.00 Å². The molecule has 0 saturated carbocycles. The van der Waals surface area contributed by atoms with Crippen LogP contribution in [0.5, 0.6) is 0 Å². The van der Waals surface area contributed by atoms with E-state index in [2.05, 4.69) is 4.98 Å². The van der Waals surface area contributed by atoms with Gasteiger partial charge in [0, 0.05) is 58.5 Å². The molecule has 134 valence electrons. The molecule has 1 saturated heterocycles. The Hall–Kier alpha value is -2.47.